The Labute approximate surface area is 105 Å². The number of aliphatic hydroxyl groups is 1. The molecule has 1 aromatic carbocycles. The largest absolute Gasteiger partial charge is 0.390 e. The molecule has 0 amide bonds. The lowest BCUT2D eigenvalue weighted by molar-refractivity contribution is 0.151. The predicted molar refractivity (Wildman–Crippen MR) is 66.5 cm³/mol. The molecule has 1 fully saturated rings. The highest BCUT2D eigenvalue weighted by Crippen LogP contribution is 2.38. The highest BCUT2D eigenvalue weighted by atomic mass is 35.5. The molecule has 1 aliphatic rings. The lowest BCUT2D eigenvalue weighted by Gasteiger charge is -2.10. The molecule has 1 N–H and O–H groups in total. The van der Waals surface area contributed by atoms with E-state index in [-0.39, 0.29) is 0 Å². The third kappa shape index (κ3) is 2.21. The van der Waals surface area contributed by atoms with Gasteiger partial charge in [-0.05, 0) is 36.6 Å². The van der Waals surface area contributed by atoms with Crippen LogP contribution in [0, 0.1) is 0 Å². The summed E-state index contributed by atoms with van der Waals surface area (Å²) >= 11 is 6.23. The maximum Gasteiger partial charge on any atom is 0.0831 e. The van der Waals surface area contributed by atoms with Crippen molar-refractivity contribution in [3.05, 3.63) is 47.2 Å². The Balaban J connectivity index is 1.89. The monoisotopic (exact) mass is 248 g/mol. The van der Waals surface area contributed by atoms with Crippen LogP contribution >= 0.6 is 11.6 Å². The van der Waals surface area contributed by atoms with Crippen LogP contribution in [0.1, 0.15) is 18.4 Å². The second kappa shape index (κ2) is 3.86. The molecule has 0 spiro atoms. The molecule has 88 valence electrons. The van der Waals surface area contributed by atoms with Gasteiger partial charge in [0.05, 0.1) is 16.3 Å². The molecule has 17 heavy (non-hydrogen) atoms. The van der Waals surface area contributed by atoms with Crippen LogP contribution in [0.5, 0.6) is 0 Å². The van der Waals surface area contributed by atoms with Gasteiger partial charge < -0.3 is 5.11 Å². The molecule has 1 saturated carbocycles. The van der Waals surface area contributed by atoms with Crippen molar-refractivity contribution >= 4 is 11.6 Å². The standard InChI is InChI=1S/C13H13ClN2O/c14-11-8-10(9-13(17)4-5-13)2-3-12(11)16-7-1-6-15-16/h1-3,6-8,17H,4-5,9H2. The Kier molecular flexibility index (Phi) is 2.45. The Morgan fingerprint density at radius 2 is 2.24 bits per heavy atom. The topological polar surface area (TPSA) is 38.0 Å². The number of halogens is 1. The molecule has 0 bridgehead atoms. The number of aromatic nitrogens is 2. The van der Waals surface area contributed by atoms with Crippen LogP contribution in [0.3, 0.4) is 0 Å². The first kappa shape index (κ1) is 10.8. The summed E-state index contributed by atoms with van der Waals surface area (Å²) in [7, 11) is 0. The summed E-state index contributed by atoms with van der Waals surface area (Å²) in [6, 6.07) is 7.71. The molecular formula is C13H13ClN2O. The van der Waals surface area contributed by atoms with E-state index in [4.69, 9.17) is 11.6 Å². The van der Waals surface area contributed by atoms with Crippen molar-refractivity contribution in [2.75, 3.05) is 0 Å². The molecule has 1 aliphatic carbocycles. The smallest absolute Gasteiger partial charge is 0.0831 e. The van der Waals surface area contributed by atoms with Crippen LogP contribution < -0.4 is 0 Å². The van der Waals surface area contributed by atoms with E-state index in [1.807, 2.05) is 30.5 Å². The number of hydrogen-bond donors (Lipinski definition) is 1. The molecule has 3 rings (SSSR count). The molecule has 2 aromatic rings. The maximum absolute atomic E-state index is 9.87. The van der Waals surface area contributed by atoms with Crippen LogP contribution in [0.15, 0.2) is 36.7 Å². The third-order valence-corrected chi connectivity index (χ3v) is 3.43. The van der Waals surface area contributed by atoms with Crippen LogP contribution in [0.2, 0.25) is 5.02 Å². The lowest BCUT2D eigenvalue weighted by atomic mass is 10.1. The van der Waals surface area contributed by atoms with Gasteiger partial charge in [0, 0.05) is 18.8 Å². The minimum absolute atomic E-state index is 0.476. The Hall–Kier alpha value is -1.32. The fourth-order valence-electron chi connectivity index (χ4n) is 1.96. The first-order valence-electron chi connectivity index (χ1n) is 5.67. The van der Waals surface area contributed by atoms with E-state index in [1.54, 1.807) is 10.9 Å². The van der Waals surface area contributed by atoms with E-state index in [2.05, 4.69) is 5.10 Å². The zero-order valence-corrected chi connectivity index (χ0v) is 10.1. The van der Waals surface area contributed by atoms with Gasteiger partial charge in [0.2, 0.25) is 0 Å². The van der Waals surface area contributed by atoms with Crippen molar-refractivity contribution < 1.29 is 5.11 Å². The fourth-order valence-corrected chi connectivity index (χ4v) is 2.25. The second-order valence-corrected chi connectivity index (χ2v) is 5.04. The van der Waals surface area contributed by atoms with Gasteiger partial charge in [0.15, 0.2) is 0 Å². The summed E-state index contributed by atoms with van der Waals surface area (Å²) in [6.45, 7) is 0. The van der Waals surface area contributed by atoms with Gasteiger partial charge >= 0.3 is 0 Å². The highest BCUT2D eigenvalue weighted by Gasteiger charge is 2.40. The molecule has 3 nitrogen and oxygen atoms in total. The molecule has 0 saturated heterocycles. The average molecular weight is 249 g/mol. The van der Waals surface area contributed by atoms with E-state index in [0.29, 0.717) is 11.4 Å². The molecule has 0 aliphatic heterocycles. The Bertz CT molecular complexity index is 532. The third-order valence-electron chi connectivity index (χ3n) is 3.12. The second-order valence-electron chi connectivity index (χ2n) is 4.64. The summed E-state index contributed by atoms with van der Waals surface area (Å²) < 4.78 is 1.73. The van der Waals surface area contributed by atoms with Crippen LogP contribution in [-0.2, 0) is 6.42 Å². The molecule has 4 heteroatoms. The van der Waals surface area contributed by atoms with Crippen molar-refractivity contribution in [3.63, 3.8) is 0 Å². The lowest BCUT2D eigenvalue weighted by Crippen LogP contribution is -2.10. The highest BCUT2D eigenvalue weighted by molar-refractivity contribution is 6.32. The van der Waals surface area contributed by atoms with Crippen molar-refractivity contribution in [3.8, 4) is 5.69 Å². The normalized spacial score (nSPS) is 17.1. The first-order valence-corrected chi connectivity index (χ1v) is 6.05. The van der Waals surface area contributed by atoms with Crippen LogP contribution in [0.4, 0.5) is 0 Å². The van der Waals surface area contributed by atoms with Gasteiger partial charge in [-0.3, -0.25) is 0 Å². The van der Waals surface area contributed by atoms with E-state index in [9.17, 15) is 5.11 Å². The van der Waals surface area contributed by atoms with Crippen LogP contribution in [-0.4, -0.2) is 20.5 Å². The quantitative estimate of drug-likeness (QED) is 0.907. The van der Waals surface area contributed by atoms with Gasteiger partial charge in [-0.2, -0.15) is 5.10 Å². The van der Waals surface area contributed by atoms with E-state index < -0.39 is 5.60 Å². The van der Waals surface area contributed by atoms with Crippen molar-refractivity contribution in [1.29, 1.82) is 0 Å². The number of nitrogens with zero attached hydrogens (tertiary/aromatic N) is 2. The molecule has 0 atom stereocenters. The van der Waals surface area contributed by atoms with Crippen molar-refractivity contribution in [1.82, 2.24) is 9.78 Å². The zero-order valence-electron chi connectivity index (χ0n) is 9.31. The van der Waals surface area contributed by atoms with Crippen molar-refractivity contribution in [2.45, 2.75) is 24.9 Å². The van der Waals surface area contributed by atoms with Crippen molar-refractivity contribution in [2.24, 2.45) is 0 Å². The van der Waals surface area contributed by atoms with E-state index in [1.165, 1.54) is 0 Å². The summed E-state index contributed by atoms with van der Waals surface area (Å²) in [5.74, 6) is 0. The Morgan fingerprint density at radius 1 is 1.41 bits per heavy atom. The number of rotatable bonds is 3. The van der Waals surface area contributed by atoms with Gasteiger partial charge in [-0.1, -0.05) is 17.7 Å². The molecule has 1 aromatic heterocycles. The van der Waals surface area contributed by atoms with Gasteiger partial charge in [0.1, 0.15) is 0 Å². The number of hydrogen-bond acceptors (Lipinski definition) is 2. The number of benzene rings is 1. The SMILES string of the molecule is OC1(Cc2ccc(-n3cccn3)c(Cl)c2)CC1. The maximum atomic E-state index is 9.87. The van der Waals surface area contributed by atoms with Gasteiger partial charge in [-0.15, -0.1) is 0 Å². The first-order chi connectivity index (χ1) is 8.16. The van der Waals surface area contributed by atoms with Gasteiger partial charge in [0.25, 0.3) is 0 Å². The van der Waals surface area contributed by atoms with Gasteiger partial charge in [-0.25, -0.2) is 4.68 Å². The Morgan fingerprint density at radius 3 is 2.82 bits per heavy atom. The summed E-state index contributed by atoms with van der Waals surface area (Å²) in [4.78, 5) is 0. The summed E-state index contributed by atoms with van der Waals surface area (Å²) in [5.41, 5.74) is 1.46. The fraction of sp³-hybridized carbons (Fsp3) is 0.308. The summed E-state index contributed by atoms with van der Waals surface area (Å²) in [5, 5.41) is 14.7. The molecule has 0 unspecified atom stereocenters. The van der Waals surface area contributed by atoms with E-state index >= 15 is 0 Å². The predicted octanol–water partition coefficient (Wildman–Crippen LogP) is 2.59. The van der Waals surface area contributed by atoms with E-state index in [0.717, 1.165) is 24.1 Å². The average Bonchev–Trinajstić information content (AvgIpc) is 2.81. The zero-order chi connectivity index (χ0) is 11.9. The summed E-state index contributed by atoms with van der Waals surface area (Å²) in [6.07, 6.45) is 6.05. The molecular weight excluding hydrogens is 236 g/mol. The molecule has 0 radical (unpaired) electrons. The molecule has 1 heterocycles. The van der Waals surface area contributed by atoms with Crippen LogP contribution in [0.25, 0.3) is 5.69 Å². The minimum Gasteiger partial charge on any atom is -0.390 e. The minimum atomic E-state index is -0.476.